The van der Waals surface area contributed by atoms with Crippen LogP contribution < -0.4 is 10.6 Å². The zero-order valence-corrected chi connectivity index (χ0v) is 12.6. The third kappa shape index (κ3) is 3.44. The lowest BCUT2D eigenvalue weighted by Crippen LogP contribution is -2.39. The van der Waals surface area contributed by atoms with Crippen molar-refractivity contribution in [2.24, 2.45) is 5.92 Å². The highest BCUT2D eigenvalue weighted by Crippen LogP contribution is 2.33. The predicted molar refractivity (Wildman–Crippen MR) is 83.1 cm³/mol. The Morgan fingerprint density at radius 2 is 2.24 bits per heavy atom. The Morgan fingerprint density at radius 3 is 3.05 bits per heavy atom. The van der Waals surface area contributed by atoms with Crippen molar-refractivity contribution >= 4 is 11.6 Å². The quantitative estimate of drug-likeness (QED) is 0.895. The van der Waals surface area contributed by atoms with Gasteiger partial charge in [-0.2, -0.15) is 0 Å². The SMILES string of the molecule is COCc1cccc(NC(=O)C2CC3CCCCC3N2)c1. The molecule has 21 heavy (non-hydrogen) atoms. The lowest BCUT2D eigenvalue weighted by atomic mass is 9.85. The number of hydrogen-bond acceptors (Lipinski definition) is 3. The molecule has 3 rings (SSSR count). The summed E-state index contributed by atoms with van der Waals surface area (Å²) in [6, 6.07) is 8.37. The van der Waals surface area contributed by atoms with Gasteiger partial charge in [-0.25, -0.2) is 0 Å². The molecule has 1 saturated carbocycles. The summed E-state index contributed by atoms with van der Waals surface area (Å²) in [6.45, 7) is 0.565. The monoisotopic (exact) mass is 288 g/mol. The Morgan fingerprint density at radius 1 is 1.38 bits per heavy atom. The summed E-state index contributed by atoms with van der Waals surface area (Å²) in [6.07, 6.45) is 6.08. The lowest BCUT2D eigenvalue weighted by Gasteiger charge is -2.24. The number of fused-ring (bicyclic) bond motifs is 1. The van der Waals surface area contributed by atoms with E-state index in [-0.39, 0.29) is 11.9 Å². The van der Waals surface area contributed by atoms with Gasteiger partial charge in [-0.05, 0) is 42.9 Å². The van der Waals surface area contributed by atoms with E-state index in [0.29, 0.717) is 18.6 Å². The molecular formula is C17H24N2O2. The van der Waals surface area contributed by atoms with E-state index in [9.17, 15) is 4.79 Å². The van der Waals surface area contributed by atoms with Gasteiger partial charge in [0.15, 0.2) is 0 Å². The highest BCUT2D eigenvalue weighted by Gasteiger charge is 2.38. The third-order valence-corrected chi connectivity index (χ3v) is 4.68. The fourth-order valence-electron chi connectivity index (χ4n) is 3.66. The highest BCUT2D eigenvalue weighted by atomic mass is 16.5. The van der Waals surface area contributed by atoms with Gasteiger partial charge >= 0.3 is 0 Å². The summed E-state index contributed by atoms with van der Waals surface area (Å²) >= 11 is 0. The largest absolute Gasteiger partial charge is 0.380 e. The van der Waals surface area contributed by atoms with Crippen molar-refractivity contribution in [3.05, 3.63) is 29.8 Å². The van der Waals surface area contributed by atoms with Crippen LogP contribution in [0.2, 0.25) is 0 Å². The number of nitrogens with one attached hydrogen (secondary N) is 2. The van der Waals surface area contributed by atoms with E-state index in [2.05, 4.69) is 10.6 Å². The van der Waals surface area contributed by atoms with E-state index in [1.165, 1.54) is 25.7 Å². The van der Waals surface area contributed by atoms with Gasteiger partial charge < -0.3 is 15.4 Å². The summed E-state index contributed by atoms with van der Waals surface area (Å²) in [7, 11) is 1.68. The van der Waals surface area contributed by atoms with Crippen molar-refractivity contribution in [1.29, 1.82) is 0 Å². The van der Waals surface area contributed by atoms with Crippen LogP contribution in [0, 0.1) is 5.92 Å². The summed E-state index contributed by atoms with van der Waals surface area (Å²) in [4.78, 5) is 12.4. The van der Waals surface area contributed by atoms with Crippen molar-refractivity contribution in [3.8, 4) is 0 Å². The van der Waals surface area contributed by atoms with Crippen molar-refractivity contribution < 1.29 is 9.53 Å². The van der Waals surface area contributed by atoms with Crippen LogP contribution in [0.4, 0.5) is 5.69 Å². The van der Waals surface area contributed by atoms with Crippen LogP contribution in [0.15, 0.2) is 24.3 Å². The molecule has 3 atom stereocenters. The molecule has 0 spiro atoms. The van der Waals surface area contributed by atoms with Gasteiger partial charge in [0.2, 0.25) is 5.91 Å². The second-order valence-electron chi connectivity index (χ2n) is 6.23. The molecule has 1 saturated heterocycles. The van der Waals surface area contributed by atoms with Gasteiger partial charge in [-0.1, -0.05) is 25.0 Å². The van der Waals surface area contributed by atoms with Gasteiger partial charge in [0.25, 0.3) is 0 Å². The Hall–Kier alpha value is -1.39. The molecular weight excluding hydrogens is 264 g/mol. The van der Waals surface area contributed by atoms with Gasteiger partial charge in [0, 0.05) is 18.8 Å². The number of carbonyl (C=O) groups is 1. The molecule has 3 unspecified atom stereocenters. The van der Waals surface area contributed by atoms with Crippen LogP contribution in [0.25, 0.3) is 0 Å². The topological polar surface area (TPSA) is 50.4 Å². The first-order valence-electron chi connectivity index (χ1n) is 7.91. The molecule has 1 heterocycles. The second kappa shape index (κ2) is 6.58. The van der Waals surface area contributed by atoms with Crippen LogP contribution in [0.3, 0.4) is 0 Å². The summed E-state index contributed by atoms with van der Waals surface area (Å²) < 4.78 is 5.13. The molecule has 2 fully saturated rings. The predicted octanol–water partition coefficient (Wildman–Crippen LogP) is 2.69. The van der Waals surface area contributed by atoms with E-state index >= 15 is 0 Å². The second-order valence-corrected chi connectivity index (χ2v) is 6.23. The number of rotatable bonds is 4. The highest BCUT2D eigenvalue weighted by molar-refractivity contribution is 5.95. The molecule has 2 aliphatic rings. The lowest BCUT2D eigenvalue weighted by molar-refractivity contribution is -0.117. The molecule has 1 amide bonds. The molecule has 1 aromatic rings. The molecule has 4 heteroatoms. The minimum atomic E-state index is -0.0378. The normalized spacial score (nSPS) is 28.1. The summed E-state index contributed by atoms with van der Waals surface area (Å²) in [5.41, 5.74) is 1.93. The van der Waals surface area contributed by atoms with Crippen molar-refractivity contribution in [1.82, 2.24) is 5.32 Å². The van der Waals surface area contributed by atoms with Crippen LogP contribution >= 0.6 is 0 Å². The Kier molecular flexibility index (Phi) is 4.56. The molecule has 2 N–H and O–H groups in total. The summed E-state index contributed by atoms with van der Waals surface area (Å²) in [5.74, 6) is 0.785. The number of anilines is 1. The fraction of sp³-hybridized carbons (Fsp3) is 0.588. The molecule has 1 aromatic carbocycles. The Balaban J connectivity index is 1.60. The Bertz CT molecular complexity index is 489. The van der Waals surface area contributed by atoms with E-state index in [0.717, 1.165) is 17.7 Å². The smallest absolute Gasteiger partial charge is 0.241 e. The van der Waals surface area contributed by atoms with E-state index in [1.54, 1.807) is 7.11 Å². The van der Waals surface area contributed by atoms with Gasteiger partial charge in [-0.15, -0.1) is 0 Å². The Labute approximate surface area is 126 Å². The number of carbonyl (C=O) groups excluding carboxylic acids is 1. The maximum Gasteiger partial charge on any atom is 0.241 e. The van der Waals surface area contributed by atoms with Gasteiger partial charge in [0.1, 0.15) is 0 Å². The molecule has 1 aliphatic heterocycles. The number of amides is 1. The third-order valence-electron chi connectivity index (χ3n) is 4.68. The van der Waals surface area contributed by atoms with Crippen molar-refractivity contribution in [3.63, 3.8) is 0 Å². The number of ether oxygens (including phenoxy) is 1. The first kappa shape index (κ1) is 14.5. The van der Waals surface area contributed by atoms with Gasteiger partial charge in [-0.3, -0.25) is 4.79 Å². The molecule has 0 bridgehead atoms. The number of benzene rings is 1. The zero-order valence-electron chi connectivity index (χ0n) is 12.6. The fourth-order valence-corrected chi connectivity index (χ4v) is 3.66. The average Bonchev–Trinajstić information content (AvgIpc) is 2.92. The first-order valence-corrected chi connectivity index (χ1v) is 7.91. The van der Waals surface area contributed by atoms with Crippen molar-refractivity contribution in [2.75, 3.05) is 12.4 Å². The van der Waals surface area contributed by atoms with E-state index < -0.39 is 0 Å². The molecule has 0 aromatic heterocycles. The molecule has 1 aliphatic carbocycles. The standard InChI is InChI=1S/C17H24N2O2/c1-21-11-12-5-4-7-14(9-12)18-17(20)16-10-13-6-2-3-8-15(13)19-16/h4-5,7,9,13,15-16,19H,2-3,6,8,10-11H2,1H3,(H,18,20). The minimum Gasteiger partial charge on any atom is -0.380 e. The molecule has 114 valence electrons. The average molecular weight is 288 g/mol. The summed E-state index contributed by atoms with van der Waals surface area (Å²) in [5, 5.41) is 6.55. The zero-order chi connectivity index (χ0) is 14.7. The maximum absolute atomic E-state index is 12.4. The van der Waals surface area contributed by atoms with Gasteiger partial charge in [0.05, 0.1) is 12.6 Å². The number of hydrogen-bond donors (Lipinski definition) is 2. The first-order chi connectivity index (χ1) is 10.3. The van der Waals surface area contributed by atoms with Crippen LogP contribution in [0.1, 0.15) is 37.7 Å². The molecule has 4 nitrogen and oxygen atoms in total. The van der Waals surface area contributed by atoms with E-state index in [1.807, 2.05) is 24.3 Å². The van der Waals surface area contributed by atoms with Crippen LogP contribution in [-0.2, 0) is 16.1 Å². The van der Waals surface area contributed by atoms with Crippen LogP contribution in [0.5, 0.6) is 0 Å². The molecule has 0 radical (unpaired) electrons. The van der Waals surface area contributed by atoms with Crippen LogP contribution in [-0.4, -0.2) is 25.1 Å². The maximum atomic E-state index is 12.4. The minimum absolute atomic E-state index is 0.0378. The van der Waals surface area contributed by atoms with E-state index in [4.69, 9.17) is 4.74 Å². The van der Waals surface area contributed by atoms with Crippen molar-refractivity contribution in [2.45, 2.75) is 50.8 Å². The number of methoxy groups -OCH3 is 1.